The van der Waals surface area contributed by atoms with Crippen molar-refractivity contribution in [2.24, 2.45) is 10.9 Å². The second-order valence-corrected chi connectivity index (χ2v) is 7.29. The SMILES string of the molecule is CN=C(NCc1nccn1CC(C)C)NC(C)c1ccc2ccccc2c1. The summed E-state index contributed by atoms with van der Waals surface area (Å²) in [5.74, 6) is 2.38. The van der Waals surface area contributed by atoms with Crippen LogP contribution in [0.3, 0.4) is 0 Å². The molecule has 0 aliphatic carbocycles. The van der Waals surface area contributed by atoms with Gasteiger partial charge in [0.05, 0.1) is 12.6 Å². The Hall–Kier alpha value is -2.82. The Morgan fingerprint density at radius 2 is 1.89 bits per heavy atom. The van der Waals surface area contributed by atoms with Gasteiger partial charge in [-0.25, -0.2) is 4.98 Å². The molecule has 2 aromatic carbocycles. The highest BCUT2D eigenvalue weighted by Crippen LogP contribution is 2.20. The average molecular weight is 364 g/mol. The molecular formula is C22H29N5. The first-order valence-corrected chi connectivity index (χ1v) is 9.52. The Morgan fingerprint density at radius 1 is 1.11 bits per heavy atom. The van der Waals surface area contributed by atoms with E-state index in [1.165, 1.54) is 16.3 Å². The van der Waals surface area contributed by atoms with Crippen molar-refractivity contribution in [2.45, 2.75) is 39.9 Å². The quantitative estimate of drug-likeness (QED) is 0.512. The molecule has 142 valence electrons. The molecule has 1 unspecified atom stereocenters. The molecule has 0 spiro atoms. The van der Waals surface area contributed by atoms with Crippen LogP contribution in [0.25, 0.3) is 10.8 Å². The minimum Gasteiger partial charge on any atom is -0.350 e. The first-order chi connectivity index (χ1) is 13.1. The number of aliphatic imine (C=N–C) groups is 1. The van der Waals surface area contributed by atoms with Crippen molar-refractivity contribution in [2.75, 3.05) is 7.05 Å². The summed E-state index contributed by atoms with van der Waals surface area (Å²) in [6.45, 7) is 8.18. The highest BCUT2D eigenvalue weighted by molar-refractivity contribution is 5.84. The van der Waals surface area contributed by atoms with Crippen LogP contribution in [0, 0.1) is 5.92 Å². The fourth-order valence-electron chi connectivity index (χ4n) is 3.19. The van der Waals surface area contributed by atoms with Crippen molar-refractivity contribution in [3.63, 3.8) is 0 Å². The lowest BCUT2D eigenvalue weighted by Gasteiger charge is -2.19. The van der Waals surface area contributed by atoms with Gasteiger partial charge in [0.25, 0.3) is 0 Å². The van der Waals surface area contributed by atoms with Gasteiger partial charge in [0.1, 0.15) is 5.82 Å². The van der Waals surface area contributed by atoms with Gasteiger partial charge in [-0.2, -0.15) is 0 Å². The molecule has 0 bridgehead atoms. The summed E-state index contributed by atoms with van der Waals surface area (Å²) in [4.78, 5) is 8.83. The molecule has 1 heterocycles. The number of rotatable bonds is 6. The fraction of sp³-hybridized carbons (Fsp3) is 0.364. The molecule has 5 nitrogen and oxygen atoms in total. The van der Waals surface area contributed by atoms with Gasteiger partial charge >= 0.3 is 0 Å². The van der Waals surface area contributed by atoms with E-state index in [1.807, 2.05) is 12.4 Å². The summed E-state index contributed by atoms with van der Waals surface area (Å²) in [5, 5.41) is 9.36. The minimum absolute atomic E-state index is 0.149. The van der Waals surface area contributed by atoms with Crippen molar-refractivity contribution in [1.29, 1.82) is 0 Å². The number of guanidine groups is 1. The monoisotopic (exact) mass is 363 g/mol. The maximum absolute atomic E-state index is 4.46. The number of imidazole rings is 1. The van der Waals surface area contributed by atoms with E-state index in [0.29, 0.717) is 12.5 Å². The van der Waals surface area contributed by atoms with Crippen LogP contribution in [-0.2, 0) is 13.1 Å². The molecule has 0 radical (unpaired) electrons. The third-order valence-electron chi connectivity index (χ3n) is 4.63. The number of nitrogens with zero attached hydrogens (tertiary/aromatic N) is 3. The van der Waals surface area contributed by atoms with Gasteiger partial charge in [-0.3, -0.25) is 4.99 Å². The maximum atomic E-state index is 4.46. The molecule has 0 saturated carbocycles. The Balaban J connectivity index is 1.63. The topological polar surface area (TPSA) is 54.2 Å². The average Bonchev–Trinajstić information content (AvgIpc) is 3.10. The van der Waals surface area contributed by atoms with Gasteiger partial charge in [0.15, 0.2) is 5.96 Å². The molecule has 1 aromatic heterocycles. The van der Waals surface area contributed by atoms with Crippen molar-refractivity contribution < 1.29 is 0 Å². The zero-order valence-electron chi connectivity index (χ0n) is 16.6. The number of fused-ring (bicyclic) bond motifs is 1. The summed E-state index contributed by atoms with van der Waals surface area (Å²) < 4.78 is 2.19. The number of aromatic nitrogens is 2. The van der Waals surface area contributed by atoms with E-state index >= 15 is 0 Å². The standard InChI is InChI=1S/C22H29N5/c1-16(2)15-27-12-11-24-21(27)14-25-22(23-4)26-17(3)19-10-9-18-7-5-6-8-20(18)13-19/h5-13,16-17H,14-15H2,1-4H3,(H2,23,25,26). The number of hydrogen-bond donors (Lipinski definition) is 2. The molecule has 0 amide bonds. The Bertz CT molecular complexity index is 910. The molecular weight excluding hydrogens is 334 g/mol. The van der Waals surface area contributed by atoms with E-state index in [0.717, 1.165) is 18.3 Å². The lowest BCUT2D eigenvalue weighted by molar-refractivity contribution is 0.503. The largest absolute Gasteiger partial charge is 0.350 e. The Labute approximate surface area is 161 Å². The lowest BCUT2D eigenvalue weighted by atomic mass is 10.0. The van der Waals surface area contributed by atoms with Crippen LogP contribution >= 0.6 is 0 Å². The molecule has 27 heavy (non-hydrogen) atoms. The molecule has 2 N–H and O–H groups in total. The van der Waals surface area contributed by atoms with Crippen LogP contribution in [0.15, 0.2) is 59.9 Å². The Kier molecular flexibility index (Phi) is 6.12. The van der Waals surface area contributed by atoms with Crippen molar-refractivity contribution in [3.05, 3.63) is 66.2 Å². The van der Waals surface area contributed by atoms with Crippen molar-refractivity contribution in [1.82, 2.24) is 20.2 Å². The highest BCUT2D eigenvalue weighted by atomic mass is 15.2. The first kappa shape index (κ1) is 19.0. The highest BCUT2D eigenvalue weighted by Gasteiger charge is 2.10. The van der Waals surface area contributed by atoms with Crippen LogP contribution in [0.4, 0.5) is 0 Å². The zero-order valence-corrected chi connectivity index (χ0v) is 16.6. The molecule has 3 rings (SSSR count). The second kappa shape index (κ2) is 8.71. The Morgan fingerprint density at radius 3 is 2.63 bits per heavy atom. The number of benzene rings is 2. The predicted octanol–water partition coefficient (Wildman–Crippen LogP) is 4.12. The predicted molar refractivity (Wildman–Crippen MR) is 113 cm³/mol. The van der Waals surface area contributed by atoms with Crippen LogP contribution in [0.1, 0.15) is 38.2 Å². The molecule has 0 saturated heterocycles. The van der Waals surface area contributed by atoms with Gasteiger partial charge in [0.2, 0.25) is 0 Å². The smallest absolute Gasteiger partial charge is 0.191 e. The van der Waals surface area contributed by atoms with Gasteiger partial charge in [0, 0.05) is 26.0 Å². The molecule has 0 fully saturated rings. The van der Waals surface area contributed by atoms with Crippen LogP contribution in [0.5, 0.6) is 0 Å². The van der Waals surface area contributed by atoms with Gasteiger partial charge in [-0.1, -0.05) is 50.2 Å². The van der Waals surface area contributed by atoms with Crippen LogP contribution in [0.2, 0.25) is 0 Å². The third kappa shape index (κ3) is 4.88. The van der Waals surface area contributed by atoms with Crippen molar-refractivity contribution >= 4 is 16.7 Å². The summed E-state index contributed by atoms with van der Waals surface area (Å²) in [6, 6.07) is 15.1. The fourth-order valence-corrected chi connectivity index (χ4v) is 3.19. The zero-order chi connectivity index (χ0) is 19.2. The summed E-state index contributed by atoms with van der Waals surface area (Å²) in [7, 11) is 1.79. The normalized spacial score (nSPS) is 13.1. The maximum Gasteiger partial charge on any atom is 0.191 e. The van der Waals surface area contributed by atoms with E-state index < -0.39 is 0 Å². The van der Waals surface area contributed by atoms with Gasteiger partial charge in [-0.15, -0.1) is 0 Å². The molecule has 3 aromatic rings. The van der Waals surface area contributed by atoms with Crippen LogP contribution < -0.4 is 10.6 Å². The van der Waals surface area contributed by atoms with E-state index in [1.54, 1.807) is 7.05 Å². The number of hydrogen-bond acceptors (Lipinski definition) is 2. The van der Waals surface area contributed by atoms with E-state index in [2.05, 4.69) is 88.4 Å². The van der Waals surface area contributed by atoms with Crippen LogP contribution in [-0.4, -0.2) is 22.6 Å². The summed E-state index contributed by atoms with van der Waals surface area (Å²) in [6.07, 6.45) is 3.89. The van der Waals surface area contributed by atoms with E-state index in [-0.39, 0.29) is 6.04 Å². The van der Waals surface area contributed by atoms with Gasteiger partial charge in [-0.05, 0) is 35.2 Å². The number of nitrogens with one attached hydrogen (secondary N) is 2. The first-order valence-electron chi connectivity index (χ1n) is 9.52. The van der Waals surface area contributed by atoms with Crippen molar-refractivity contribution in [3.8, 4) is 0 Å². The second-order valence-electron chi connectivity index (χ2n) is 7.29. The molecule has 1 atom stereocenters. The molecule has 0 aliphatic rings. The lowest BCUT2D eigenvalue weighted by Crippen LogP contribution is -2.38. The van der Waals surface area contributed by atoms with Gasteiger partial charge < -0.3 is 15.2 Å². The molecule has 0 aliphatic heterocycles. The van der Waals surface area contributed by atoms with E-state index in [9.17, 15) is 0 Å². The molecule has 5 heteroatoms. The van der Waals surface area contributed by atoms with E-state index in [4.69, 9.17) is 0 Å². The summed E-state index contributed by atoms with van der Waals surface area (Å²) in [5.41, 5.74) is 1.23. The third-order valence-corrected chi connectivity index (χ3v) is 4.63. The summed E-state index contributed by atoms with van der Waals surface area (Å²) >= 11 is 0. The minimum atomic E-state index is 0.149.